The number of carbonyl (C=O) groups is 1. The molecule has 15 atom stereocenters. The van der Waals surface area contributed by atoms with Gasteiger partial charge >= 0.3 is 5.97 Å². The number of hydrogen-bond donors (Lipinski definition) is 4. The molecule has 1 aliphatic heterocycles. The SMILES string of the molecule is COC[C@]12CN(C)C3[C@@H]4[C@H](OC)[C@@H]1[C@@]3([C@@H](OC)C[C@H]2O)[C@@H]1C[C@@]2(O)[C@H](OC(=O)c3ccccc3)[C@@H]1[C@]4(O)[C@@H](O)[C@@H]2OC. The van der Waals surface area contributed by atoms with Crippen LogP contribution in [-0.4, -0.2) is 134 Å². The molecule has 5 saturated carbocycles. The molecule has 4 N–H and O–H groups in total. The van der Waals surface area contributed by atoms with Gasteiger partial charge in [0.1, 0.15) is 29.5 Å². The normalized spacial score (nSPS) is 53.7. The number of esters is 1. The molecule has 6 aliphatic rings. The molecule has 232 valence electrons. The molecule has 7 bridgehead atoms. The molecule has 1 unspecified atom stereocenters. The molecule has 0 aromatic heterocycles. The van der Waals surface area contributed by atoms with Gasteiger partial charge in [-0.1, -0.05) is 18.2 Å². The Bertz CT molecular complexity index is 1240. The first-order valence-corrected chi connectivity index (χ1v) is 14.9. The molecule has 1 aromatic carbocycles. The van der Waals surface area contributed by atoms with E-state index in [-0.39, 0.29) is 25.0 Å². The average molecular weight is 590 g/mol. The van der Waals surface area contributed by atoms with E-state index in [4.69, 9.17) is 23.7 Å². The summed E-state index contributed by atoms with van der Waals surface area (Å²) in [6.07, 6.45) is -5.28. The van der Waals surface area contributed by atoms with Gasteiger partial charge in [-0.25, -0.2) is 4.79 Å². The van der Waals surface area contributed by atoms with Crippen LogP contribution < -0.4 is 0 Å². The van der Waals surface area contributed by atoms with Gasteiger partial charge in [0.05, 0.1) is 30.5 Å². The smallest absolute Gasteiger partial charge is 0.338 e. The number of nitrogens with zero attached hydrogens (tertiary/aromatic N) is 1. The van der Waals surface area contributed by atoms with E-state index < -0.39 is 82.4 Å². The summed E-state index contributed by atoms with van der Waals surface area (Å²) < 4.78 is 30.3. The minimum absolute atomic E-state index is 0.102. The number of benzene rings is 1. The van der Waals surface area contributed by atoms with Crippen molar-refractivity contribution in [1.82, 2.24) is 4.90 Å². The molecule has 11 heteroatoms. The summed E-state index contributed by atoms with van der Waals surface area (Å²) in [5, 5.41) is 49.4. The van der Waals surface area contributed by atoms with E-state index in [1.54, 1.807) is 51.7 Å². The van der Waals surface area contributed by atoms with Crippen LogP contribution in [0.15, 0.2) is 30.3 Å². The molecule has 7 rings (SSSR count). The number of piperidine rings is 1. The van der Waals surface area contributed by atoms with E-state index in [0.29, 0.717) is 18.5 Å². The van der Waals surface area contributed by atoms with Crippen LogP contribution in [0.25, 0.3) is 0 Å². The topological polar surface area (TPSA) is 147 Å². The minimum Gasteiger partial charge on any atom is -0.455 e. The van der Waals surface area contributed by atoms with Crippen molar-refractivity contribution in [3.8, 4) is 0 Å². The molecular formula is C31H43NO10. The zero-order valence-electron chi connectivity index (χ0n) is 24.8. The predicted octanol–water partition coefficient (Wildman–Crippen LogP) is -0.313. The highest BCUT2D eigenvalue weighted by Gasteiger charge is 2.91. The first kappa shape index (κ1) is 29.1. The fourth-order valence-corrected chi connectivity index (χ4v) is 11.8. The van der Waals surface area contributed by atoms with Crippen LogP contribution in [0.4, 0.5) is 0 Å². The molecule has 1 saturated heterocycles. The second kappa shape index (κ2) is 9.42. The van der Waals surface area contributed by atoms with Crippen LogP contribution in [0.2, 0.25) is 0 Å². The van der Waals surface area contributed by atoms with Crippen molar-refractivity contribution in [2.45, 2.75) is 66.7 Å². The third-order valence-corrected chi connectivity index (χ3v) is 12.6. The lowest BCUT2D eigenvalue weighted by atomic mass is 9.42. The Morgan fingerprint density at radius 3 is 2.33 bits per heavy atom. The van der Waals surface area contributed by atoms with Gasteiger partial charge in [-0.05, 0) is 31.5 Å². The molecular weight excluding hydrogens is 546 g/mol. The maximum absolute atomic E-state index is 13.5. The van der Waals surface area contributed by atoms with Crippen LogP contribution in [0.5, 0.6) is 0 Å². The zero-order chi connectivity index (χ0) is 30.0. The van der Waals surface area contributed by atoms with Gasteiger partial charge in [0, 0.05) is 76.0 Å². The minimum atomic E-state index is -1.86. The van der Waals surface area contributed by atoms with Gasteiger partial charge in [-0.15, -0.1) is 0 Å². The molecule has 1 heterocycles. The Kier molecular flexibility index (Phi) is 6.52. The lowest BCUT2D eigenvalue weighted by Crippen LogP contribution is -2.80. The van der Waals surface area contributed by atoms with Gasteiger partial charge in [0.15, 0.2) is 0 Å². The van der Waals surface area contributed by atoms with Crippen LogP contribution >= 0.6 is 0 Å². The van der Waals surface area contributed by atoms with Crippen LogP contribution in [0.1, 0.15) is 23.2 Å². The Hall–Kier alpha value is -1.67. The van der Waals surface area contributed by atoms with E-state index in [2.05, 4.69) is 4.90 Å². The second-order valence-electron chi connectivity index (χ2n) is 13.7. The summed E-state index contributed by atoms with van der Waals surface area (Å²) in [5.41, 5.74) is -4.81. The van der Waals surface area contributed by atoms with Crippen molar-refractivity contribution in [3.05, 3.63) is 35.9 Å². The number of rotatable bonds is 7. The molecule has 42 heavy (non-hydrogen) atoms. The standard InChI is InChI=1S/C31H43NO10/c1-32-13-28(14-38-2)17(33)11-18(39-3)30-16-12-29(36)25(42-27(35)15-9-7-6-8-10-15)19(16)31(37,24(34)26(29)41-5)20(23(30)32)21(40-4)22(28)30/h6-10,16-26,33-34,36-37H,11-14H2,1-5H3/t16-,17-,18+,19-,20+,21+,22+,23?,24+,25-,26+,28+,29-,30+,31-/m1/s1. The van der Waals surface area contributed by atoms with Crippen molar-refractivity contribution < 1.29 is 48.9 Å². The summed E-state index contributed by atoms with van der Waals surface area (Å²) in [4.78, 5) is 15.7. The first-order chi connectivity index (χ1) is 20.0. The lowest BCUT2D eigenvalue weighted by Gasteiger charge is -2.69. The van der Waals surface area contributed by atoms with Gasteiger partial charge in [0.2, 0.25) is 0 Å². The van der Waals surface area contributed by atoms with Crippen LogP contribution in [-0.2, 0) is 23.7 Å². The first-order valence-electron chi connectivity index (χ1n) is 14.9. The number of hydrogen-bond acceptors (Lipinski definition) is 11. The fourth-order valence-electron chi connectivity index (χ4n) is 11.8. The van der Waals surface area contributed by atoms with E-state index in [1.165, 1.54) is 7.11 Å². The summed E-state index contributed by atoms with van der Waals surface area (Å²) in [5.74, 6) is -2.96. The second-order valence-corrected chi connectivity index (χ2v) is 13.7. The summed E-state index contributed by atoms with van der Waals surface area (Å²) >= 11 is 0. The van der Waals surface area contributed by atoms with E-state index >= 15 is 0 Å². The summed E-state index contributed by atoms with van der Waals surface area (Å²) in [6, 6.07) is 8.22. The highest BCUT2D eigenvalue weighted by molar-refractivity contribution is 5.89. The Labute approximate surface area is 245 Å². The zero-order valence-corrected chi connectivity index (χ0v) is 24.8. The highest BCUT2D eigenvalue weighted by atomic mass is 16.6. The summed E-state index contributed by atoms with van der Waals surface area (Å²) in [6.45, 7) is 0.760. The lowest BCUT2D eigenvalue weighted by molar-refractivity contribution is -0.318. The van der Waals surface area contributed by atoms with Gasteiger partial charge < -0.3 is 49.0 Å². The van der Waals surface area contributed by atoms with Crippen molar-refractivity contribution in [2.75, 3.05) is 48.6 Å². The Balaban J connectivity index is 1.47. The fraction of sp³-hybridized carbons (Fsp3) is 0.774. The highest BCUT2D eigenvalue weighted by Crippen LogP contribution is 2.80. The number of carbonyl (C=O) groups excluding carboxylic acids is 1. The van der Waals surface area contributed by atoms with Crippen molar-refractivity contribution in [1.29, 1.82) is 0 Å². The van der Waals surface area contributed by atoms with E-state index in [9.17, 15) is 25.2 Å². The average Bonchev–Trinajstić information content (AvgIpc) is 3.37. The Morgan fingerprint density at radius 1 is 1.00 bits per heavy atom. The van der Waals surface area contributed by atoms with Crippen molar-refractivity contribution in [3.63, 3.8) is 0 Å². The summed E-state index contributed by atoms with van der Waals surface area (Å²) in [7, 11) is 8.22. The number of methoxy groups -OCH3 is 4. The number of ether oxygens (including phenoxy) is 5. The number of aliphatic hydroxyl groups is 4. The molecule has 0 radical (unpaired) electrons. The number of aliphatic hydroxyl groups excluding tert-OH is 2. The third-order valence-electron chi connectivity index (χ3n) is 12.6. The molecule has 11 nitrogen and oxygen atoms in total. The molecule has 5 aliphatic carbocycles. The van der Waals surface area contributed by atoms with Crippen LogP contribution in [0, 0.1) is 34.5 Å². The van der Waals surface area contributed by atoms with Gasteiger partial charge in [-0.3, -0.25) is 0 Å². The molecule has 1 spiro atoms. The van der Waals surface area contributed by atoms with E-state index in [0.717, 1.165) is 0 Å². The largest absolute Gasteiger partial charge is 0.455 e. The predicted molar refractivity (Wildman–Crippen MR) is 146 cm³/mol. The van der Waals surface area contributed by atoms with Crippen molar-refractivity contribution in [2.24, 2.45) is 34.5 Å². The third kappa shape index (κ3) is 3.05. The van der Waals surface area contributed by atoms with Gasteiger partial charge in [0.25, 0.3) is 0 Å². The van der Waals surface area contributed by atoms with E-state index in [1.807, 2.05) is 7.05 Å². The maximum Gasteiger partial charge on any atom is 0.338 e. The van der Waals surface area contributed by atoms with Gasteiger partial charge in [-0.2, -0.15) is 0 Å². The maximum atomic E-state index is 13.5. The number of fused-ring (bicyclic) bond motifs is 2. The molecule has 1 aromatic rings. The van der Waals surface area contributed by atoms with Crippen molar-refractivity contribution >= 4 is 5.97 Å². The molecule has 0 amide bonds. The van der Waals surface area contributed by atoms with Crippen LogP contribution in [0.3, 0.4) is 0 Å². The Morgan fingerprint density at radius 2 is 1.71 bits per heavy atom. The monoisotopic (exact) mass is 589 g/mol. The number of likely N-dealkylation sites (tertiary alicyclic amines) is 1. The molecule has 6 fully saturated rings. The quantitative estimate of drug-likeness (QED) is 0.311.